The molecular weight excluding hydrogens is 322 g/mol. The number of H-pyrrole nitrogens is 1. The highest BCUT2D eigenvalue weighted by atomic mass is 32.2. The Hall–Kier alpha value is -2.81. The second kappa shape index (κ2) is 5.43. The molecule has 8 nitrogen and oxygen atoms in total. The standard InChI is InChI=1S/C14H13N3O5S/c1-21-12-7-9(22-23(2,19)20)3-4-10(12)11-8-17-6-5-15-14(18)13(17)16-11/h3-8H,1-2H3,(H,15,18). The molecule has 0 spiro atoms. The van der Waals surface area contributed by atoms with Crippen molar-refractivity contribution in [2.24, 2.45) is 0 Å². The highest BCUT2D eigenvalue weighted by molar-refractivity contribution is 7.86. The smallest absolute Gasteiger partial charge is 0.306 e. The maximum absolute atomic E-state index is 11.7. The van der Waals surface area contributed by atoms with Gasteiger partial charge in [0, 0.05) is 30.2 Å². The summed E-state index contributed by atoms with van der Waals surface area (Å²) in [6, 6.07) is 4.56. The molecule has 1 aromatic carbocycles. The molecule has 0 fully saturated rings. The number of rotatable bonds is 4. The highest BCUT2D eigenvalue weighted by Crippen LogP contribution is 2.33. The van der Waals surface area contributed by atoms with E-state index in [1.807, 2.05) is 0 Å². The van der Waals surface area contributed by atoms with Crippen LogP contribution in [-0.4, -0.2) is 36.2 Å². The molecule has 0 radical (unpaired) electrons. The number of nitrogens with one attached hydrogen (secondary N) is 1. The number of nitrogens with zero attached hydrogens (tertiary/aromatic N) is 2. The number of aromatic amines is 1. The first-order chi connectivity index (χ1) is 10.9. The van der Waals surface area contributed by atoms with Crippen LogP contribution in [0, 0.1) is 0 Å². The van der Waals surface area contributed by atoms with Gasteiger partial charge in [-0.2, -0.15) is 8.42 Å². The first-order valence-corrected chi connectivity index (χ1v) is 8.33. The fraction of sp³-hybridized carbons (Fsp3) is 0.143. The van der Waals surface area contributed by atoms with Gasteiger partial charge in [0.25, 0.3) is 5.56 Å². The Kier molecular flexibility index (Phi) is 3.57. The van der Waals surface area contributed by atoms with Crippen LogP contribution < -0.4 is 14.5 Å². The lowest BCUT2D eigenvalue weighted by Crippen LogP contribution is -2.07. The zero-order chi connectivity index (χ0) is 16.6. The number of aromatic nitrogens is 3. The van der Waals surface area contributed by atoms with Gasteiger partial charge >= 0.3 is 10.1 Å². The maximum Gasteiger partial charge on any atom is 0.306 e. The summed E-state index contributed by atoms with van der Waals surface area (Å²) < 4.78 is 34.1. The molecule has 0 unspecified atom stereocenters. The molecule has 0 aliphatic heterocycles. The third-order valence-electron chi connectivity index (χ3n) is 3.08. The molecule has 0 amide bonds. The van der Waals surface area contributed by atoms with Gasteiger partial charge in [-0.1, -0.05) is 0 Å². The van der Waals surface area contributed by atoms with E-state index in [9.17, 15) is 13.2 Å². The minimum Gasteiger partial charge on any atom is -0.496 e. The Morgan fingerprint density at radius 2 is 2.09 bits per heavy atom. The molecule has 0 atom stereocenters. The lowest BCUT2D eigenvalue weighted by molar-refractivity contribution is 0.413. The topological polar surface area (TPSA) is 103 Å². The first kappa shape index (κ1) is 15.1. The average molecular weight is 335 g/mol. The normalized spacial score (nSPS) is 11.6. The lowest BCUT2D eigenvalue weighted by Gasteiger charge is -2.09. The number of methoxy groups -OCH3 is 1. The number of ether oxygens (including phenoxy) is 1. The Labute approximate surface area is 131 Å². The van der Waals surface area contributed by atoms with E-state index in [-0.39, 0.29) is 17.0 Å². The van der Waals surface area contributed by atoms with Gasteiger partial charge in [-0.25, -0.2) is 4.98 Å². The molecule has 0 aliphatic rings. The highest BCUT2D eigenvalue weighted by Gasteiger charge is 2.14. The van der Waals surface area contributed by atoms with Gasteiger partial charge in [-0.05, 0) is 12.1 Å². The van der Waals surface area contributed by atoms with Crippen LogP contribution in [0.2, 0.25) is 0 Å². The minimum atomic E-state index is -3.63. The van der Waals surface area contributed by atoms with Crippen molar-refractivity contribution in [3.63, 3.8) is 0 Å². The summed E-state index contributed by atoms with van der Waals surface area (Å²) in [5, 5.41) is 0. The number of fused-ring (bicyclic) bond motifs is 1. The van der Waals surface area contributed by atoms with Gasteiger partial charge in [0.2, 0.25) is 5.65 Å². The SMILES string of the molecule is COc1cc(OS(C)(=O)=O)ccc1-c1cn2cc[nH]c(=O)c2n1. The predicted octanol–water partition coefficient (Wildman–Crippen LogP) is 1.04. The van der Waals surface area contributed by atoms with Crippen molar-refractivity contribution in [1.82, 2.24) is 14.4 Å². The molecule has 3 aromatic rings. The molecule has 0 saturated carbocycles. The first-order valence-electron chi connectivity index (χ1n) is 6.51. The second-order valence-corrected chi connectivity index (χ2v) is 6.37. The van der Waals surface area contributed by atoms with Crippen molar-refractivity contribution < 1.29 is 17.3 Å². The van der Waals surface area contributed by atoms with Gasteiger partial charge in [0.1, 0.15) is 11.5 Å². The summed E-state index contributed by atoms with van der Waals surface area (Å²) in [6.45, 7) is 0. The maximum atomic E-state index is 11.7. The Morgan fingerprint density at radius 3 is 2.74 bits per heavy atom. The fourth-order valence-corrected chi connectivity index (χ4v) is 2.63. The van der Waals surface area contributed by atoms with E-state index in [2.05, 4.69) is 9.97 Å². The molecule has 9 heteroatoms. The van der Waals surface area contributed by atoms with Crippen molar-refractivity contribution in [2.75, 3.05) is 13.4 Å². The summed E-state index contributed by atoms with van der Waals surface area (Å²) in [7, 11) is -2.18. The third kappa shape index (κ3) is 3.04. The van der Waals surface area contributed by atoms with Crippen LogP contribution in [0.5, 0.6) is 11.5 Å². The Balaban J connectivity index is 2.11. The van der Waals surface area contributed by atoms with Gasteiger partial charge < -0.3 is 18.3 Å². The fourth-order valence-electron chi connectivity index (χ4n) is 2.17. The average Bonchev–Trinajstić information content (AvgIpc) is 2.90. The van der Waals surface area contributed by atoms with E-state index >= 15 is 0 Å². The van der Waals surface area contributed by atoms with Crippen molar-refractivity contribution in [3.8, 4) is 22.8 Å². The van der Waals surface area contributed by atoms with Gasteiger partial charge in [-0.3, -0.25) is 4.79 Å². The molecule has 3 rings (SSSR count). The number of imidazole rings is 1. The van der Waals surface area contributed by atoms with Crippen molar-refractivity contribution in [3.05, 3.63) is 47.1 Å². The summed E-state index contributed by atoms with van der Waals surface area (Å²) in [5.74, 6) is 0.515. The number of hydrogen-bond acceptors (Lipinski definition) is 6. The molecule has 23 heavy (non-hydrogen) atoms. The van der Waals surface area contributed by atoms with Crippen molar-refractivity contribution in [1.29, 1.82) is 0 Å². The summed E-state index contributed by atoms with van der Waals surface area (Å²) in [4.78, 5) is 18.6. The zero-order valence-corrected chi connectivity index (χ0v) is 13.1. The third-order valence-corrected chi connectivity index (χ3v) is 3.58. The van der Waals surface area contributed by atoms with E-state index in [1.165, 1.54) is 25.4 Å². The van der Waals surface area contributed by atoms with Crippen LogP contribution in [0.15, 0.2) is 41.6 Å². The summed E-state index contributed by atoms with van der Waals surface area (Å²) >= 11 is 0. The van der Waals surface area contributed by atoms with Crippen molar-refractivity contribution in [2.45, 2.75) is 0 Å². The largest absolute Gasteiger partial charge is 0.496 e. The van der Waals surface area contributed by atoms with Gasteiger partial charge in [0.05, 0.1) is 19.1 Å². The van der Waals surface area contributed by atoms with Crippen LogP contribution >= 0.6 is 0 Å². The monoisotopic (exact) mass is 335 g/mol. The quantitative estimate of drug-likeness (QED) is 0.715. The molecule has 0 bridgehead atoms. The van der Waals surface area contributed by atoms with Crippen LogP contribution in [0.3, 0.4) is 0 Å². The van der Waals surface area contributed by atoms with Crippen LogP contribution in [0.25, 0.3) is 16.9 Å². The summed E-state index contributed by atoms with van der Waals surface area (Å²) in [6.07, 6.45) is 5.82. The molecule has 0 saturated heterocycles. The van der Waals surface area contributed by atoms with Gasteiger partial charge in [0.15, 0.2) is 0 Å². The van der Waals surface area contributed by atoms with Crippen LogP contribution in [0.1, 0.15) is 0 Å². The van der Waals surface area contributed by atoms with Gasteiger partial charge in [-0.15, -0.1) is 0 Å². The number of benzene rings is 1. The molecule has 2 aromatic heterocycles. The molecule has 2 heterocycles. The van der Waals surface area contributed by atoms with E-state index in [0.717, 1.165) is 6.26 Å². The predicted molar refractivity (Wildman–Crippen MR) is 83.3 cm³/mol. The molecule has 120 valence electrons. The Bertz CT molecular complexity index is 1040. The number of hydrogen-bond donors (Lipinski definition) is 1. The van der Waals surface area contributed by atoms with Crippen LogP contribution in [0.4, 0.5) is 0 Å². The van der Waals surface area contributed by atoms with E-state index in [4.69, 9.17) is 8.92 Å². The van der Waals surface area contributed by atoms with E-state index in [1.54, 1.807) is 22.9 Å². The van der Waals surface area contributed by atoms with E-state index < -0.39 is 10.1 Å². The van der Waals surface area contributed by atoms with Crippen molar-refractivity contribution >= 4 is 15.8 Å². The second-order valence-electron chi connectivity index (χ2n) is 4.80. The van der Waals surface area contributed by atoms with E-state index in [0.29, 0.717) is 17.0 Å². The minimum absolute atomic E-state index is 0.134. The van der Waals surface area contributed by atoms with Crippen LogP contribution in [-0.2, 0) is 10.1 Å². The summed E-state index contributed by atoms with van der Waals surface area (Å²) in [5.41, 5.74) is 1.07. The molecule has 1 N–H and O–H groups in total. The Morgan fingerprint density at radius 1 is 1.30 bits per heavy atom. The zero-order valence-electron chi connectivity index (χ0n) is 12.3. The lowest BCUT2D eigenvalue weighted by atomic mass is 10.1. The molecule has 0 aliphatic carbocycles. The molecular formula is C14H13N3O5S.